The van der Waals surface area contributed by atoms with Gasteiger partial charge in [0.1, 0.15) is 0 Å². The van der Waals surface area contributed by atoms with Crippen LogP contribution in [0.2, 0.25) is 0 Å². The van der Waals surface area contributed by atoms with Gasteiger partial charge in [-0.3, -0.25) is 9.59 Å². The molecule has 0 unspecified atom stereocenters. The Bertz CT molecular complexity index is 356. The number of hydrogen-bond acceptors (Lipinski definition) is 4. The molecule has 1 aliphatic rings. The number of amides is 1. The van der Waals surface area contributed by atoms with Crippen molar-refractivity contribution in [3.05, 3.63) is 22.4 Å². The van der Waals surface area contributed by atoms with Gasteiger partial charge < -0.3 is 10.2 Å². The monoisotopic (exact) mass is 224 g/mol. The van der Waals surface area contributed by atoms with Crippen molar-refractivity contribution in [2.24, 2.45) is 0 Å². The second kappa shape index (κ2) is 4.55. The molecule has 0 aromatic carbocycles. The van der Waals surface area contributed by atoms with Crippen LogP contribution in [-0.2, 0) is 4.79 Å². The molecule has 1 fully saturated rings. The summed E-state index contributed by atoms with van der Waals surface area (Å²) in [5.41, 5.74) is 0. The lowest BCUT2D eigenvalue weighted by Crippen LogP contribution is -2.48. The Balaban J connectivity index is 2.04. The fourth-order valence-corrected chi connectivity index (χ4v) is 2.18. The summed E-state index contributed by atoms with van der Waals surface area (Å²) in [5.74, 6) is -0.758. The predicted molar refractivity (Wildman–Crippen MR) is 58.1 cm³/mol. The van der Waals surface area contributed by atoms with Crippen LogP contribution in [0.15, 0.2) is 17.5 Å². The quantitative estimate of drug-likeness (QED) is 0.583. The third-order valence-electron chi connectivity index (χ3n) is 2.34. The van der Waals surface area contributed by atoms with E-state index in [1.165, 1.54) is 11.3 Å². The molecule has 0 atom stereocenters. The van der Waals surface area contributed by atoms with E-state index in [4.69, 9.17) is 0 Å². The number of hydrogen-bond donors (Lipinski definition) is 1. The van der Waals surface area contributed by atoms with Crippen molar-refractivity contribution in [1.29, 1.82) is 0 Å². The fourth-order valence-electron chi connectivity index (χ4n) is 1.52. The molecule has 5 heteroatoms. The maximum absolute atomic E-state index is 11.8. The minimum atomic E-state index is -0.383. The smallest absolute Gasteiger partial charge is 0.295 e. The van der Waals surface area contributed by atoms with Crippen LogP contribution in [0.5, 0.6) is 0 Å². The summed E-state index contributed by atoms with van der Waals surface area (Å²) >= 11 is 1.31. The van der Waals surface area contributed by atoms with Gasteiger partial charge in [0, 0.05) is 26.2 Å². The molecule has 4 nitrogen and oxygen atoms in total. The topological polar surface area (TPSA) is 49.4 Å². The Morgan fingerprint density at radius 2 is 2.07 bits per heavy atom. The molecule has 1 N–H and O–H groups in total. The lowest BCUT2D eigenvalue weighted by Gasteiger charge is -2.26. The number of Topliss-reactive ketones (excluding diaryl/α,β-unsaturated/α-hetero) is 1. The van der Waals surface area contributed by atoms with E-state index in [-0.39, 0.29) is 11.7 Å². The van der Waals surface area contributed by atoms with Gasteiger partial charge in [-0.1, -0.05) is 6.07 Å². The van der Waals surface area contributed by atoms with E-state index in [2.05, 4.69) is 5.32 Å². The summed E-state index contributed by atoms with van der Waals surface area (Å²) in [6.07, 6.45) is 0. The van der Waals surface area contributed by atoms with Crippen LogP contribution in [-0.4, -0.2) is 42.8 Å². The molecule has 1 aromatic heterocycles. The zero-order valence-corrected chi connectivity index (χ0v) is 9.05. The van der Waals surface area contributed by atoms with Crippen LogP contribution >= 0.6 is 11.3 Å². The Morgan fingerprint density at radius 1 is 1.33 bits per heavy atom. The molecule has 2 rings (SSSR count). The molecule has 1 aromatic rings. The van der Waals surface area contributed by atoms with Crippen LogP contribution in [0.3, 0.4) is 0 Å². The van der Waals surface area contributed by atoms with Crippen LogP contribution in [0.1, 0.15) is 9.67 Å². The van der Waals surface area contributed by atoms with Crippen molar-refractivity contribution in [2.45, 2.75) is 0 Å². The van der Waals surface area contributed by atoms with Gasteiger partial charge in [-0.15, -0.1) is 11.3 Å². The van der Waals surface area contributed by atoms with Crippen molar-refractivity contribution >= 4 is 23.0 Å². The number of ketones is 1. The number of thiophene rings is 1. The van der Waals surface area contributed by atoms with E-state index in [1.54, 1.807) is 22.4 Å². The second-order valence-electron chi connectivity index (χ2n) is 3.35. The van der Waals surface area contributed by atoms with Crippen molar-refractivity contribution < 1.29 is 9.59 Å². The summed E-state index contributed by atoms with van der Waals surface area (Å²) in [6.45, 7) is 2.78. The van der Waals surface area contributed by atoms with Gasteiger partial charge in [0.05, 0.1) is 4.88 Å². The third-order valence-corrected chi connectivity index (χ3v) is 3.21. The Kier molecular flexibility index (Phi) is 3.13. The maximum atomic E-state index is 11.8. The van der Waals surface area contributed by atoms with Crippen molar-refractivity contribution in [1.82, 2.24) is 10.2 Å². The molecule has 80 valence electrons. The minimum Gasteiger partial charge on any atom is -0.333 e. The molecular formula is C10H12N2O2S. The van der Waals surface area contributed by atoms with Crippen molar-refractivity contribution in [3.63, 3.8) is 0 Å². The first-order valence-electron chi connectivity index (χ1n) is 4.87. The molecule has 0 radical (unpaired) electrons. The molecule has 1 aliphatic heterocycles. The number of carbonyl (C=O) groups is 2. The first kappa shape index (κ1) is 10.3. The van der Waals surface area contributed by atoms with Gasteiger partial charge in [-0.05, 0) is 11.4 Å². The normalized spacial score (nSPS) is 16.4. The number of carbonyl (C=O) groups excluding carboxylic acids is 2. The minimum absolute atomic E-state index is 0.376. The van der Waals surface area contributed by atoms with E-state index in [1.807, 2.05) is 0 Å². The molecule has 15 heavy (non-hydrogen) atoms. The summed E-state index contributed by atoms with van der Waals surface area (Å²) in [4.78, 5) is 25.6. The zero-order valence-electron chi connectivity index (χ0n) is 8.23. The average molecular weight is 224 g/mol. The lowest BCUT2D eigenvalue weighted by molar-refractivity contribution is -0.126. The highest BCUT2D eigenvalue weighted by atomic mass is 32.1. The maximum Gasteiger partial charge on any atom is 0.295 e. The van der Waals surface area contributed by atoms with Crippen molar-refractivity contribution in [2.75, 3.05) is 26.2 Å². The Hall–Kier alpha value is -1.20. The van der Waals surface area contributed by atoms with E-state index in [0.29, 0.717) is 18.0 Å². The van der Waals surface area contributed by atoms with Gasteiger partial charge >= 0.3 is 0 Å². The van der Waals surface area contributed by atoms with Crippen LogP contribution < -0.4 is 5.32 Å². The summed E-state index contributed by atoms with van der Waals surface area (Å²) in [6, 6.07) is 3.47. The highest BCUT2D eigenvalue weighted by Crippen LogP contribution is 2.11. The highest BCUT2D eigenvalue weighted by molar-refractivity contribution is 7.12. The first-order valence-corrected chi connectivity index (χ1v) is 5.75. The van der Waals surface area contributed by atoms with Gasteiger partial charge in [0.25, 0.3) is 11.7 Å². The SMILES string of the molecule is O=C(C(=O)N1CCNCC1)c1cccs1. The van der Waals surface area contributed by atoms with E-state index < -0.39 is 0 Å². The molecule has 2 heterocycles. The summed E-state index contributed by atoms with van der Waals surface area (Å²) < 4.78 is 0. The third kappa shape index (κ3) is 2.24. The van der Waals surface area contributed by atoms with Gasteiger partial charge in [0.2, 0.25) is 0 Å². The second-order valence-corrected chi connectivity index (χ2v) is 4.30. The molecule has 0 aliphatic carbocycles. The van der Waals surface area contributed by atoms with E-state index in [0.717, 1.165) is 13.1 Å². The number of piperazine rings is 1. The van der Waals surface area contributed by atoms with Crippen LogP contribution in [0.25, 0.3) is 0 Å². The predicted octanol–water partition coefficient (Wildman–Crippen LogP) is 0.363. The molecule has 0 spiro atoms. The standard InChI is InChI=1S/C10H12N2O2S/c13-9(8-2-1-7-15-8)10(14)12-5-3-11-4-6-12/h1-2,7,11H,3-6H2. The molecule has 1 amide bonds. The molecule has 1 saturated heterocycles. The number of rotatable bonds is 2. The van der Waals surface area contributed by atoms with Crippen LogP contribution in [0.4, 0.5) is 0 Å². The van der Waals surface area contributed by atoms with Gasteiger partial charge in [0.15, 0.2) is 0 Å². The molecule has 0 bridgehead atoms. The fraction of sp³-hybridized carbons (Fsp3) is 0.400. The van der Waals surface area contributed by atoms with Gasteiger partial charge in [-0.25, -0.2) is 0 Å². The number of nitrogens with zero attached hydrogens (tertiary/aromatic N) is 1. The largest absolute Gasteiger partial charge is 0.333 e. The Morgan fingerprint density at radius 3 is 2.67 bits per heavy atom. The molecule has 0 saturated carbocycles. The number of nitrogens with one attached hydrogen (secondary N) is 1. The average Bonchev–Trinajstić information content (AvgIpc) is 2.82. The Labute approximate surface area is 91.9 Å². The highest BCUT2D eigenvalue weighted by Gasteiger charge is 2.24. The van der Waals surface area contributed by atoms with Gasteiger partial charge in [-0.2, -0.15) is 0 Å². The van der Waals surface area contributed by atoms with Crippen molar-refractivity contribution in [3.8, 4) is 0 Å². The van der Waals surface area contributed by atoms with Crippen LogP contribution in [0, 0.1) is 0 Å². The van der Waals surface area contributed by atoms with E-state index in [9.17, 15) is 9.59 Å². The van der Waals surface area contributed by atoms with E-state index >= 15 is 0 Å². The zero-order chi connectivity index (χ0) is 10.7. The summed E-state index contributed by atoms with van der Waals surface area (Å²) in [5, 5.41) is 4.94. The molecular weight excluding hydrogens is 212 g/mol. The summed E-state index contributed by atoms with van der Waals surface area (Å²) in [7, 11) is 0. The lowest BCUT2D eigenvalue weighted by atomic mass is 10.2. The first-order chi connectivity index (χ1) is 7.29.